The van der Waals surface area contributed by atoms with Gasteiger partial charge in [0.15, 0.2) is 0 Å². The van der Waals surface area contributed by atoms with Gasteiger partial charge in [-0.25, -0.2) is 0 Å². The van der Waals surface area contributed by atoms with Gasteiger partial charge in [0.1, 0.15) is 0 Å². The molecule has 4 rings (SSSR count). The number of benzene rings is 2. The van der Waals surface area contributed by atoms with Gasteiger partial charge in [0.2, 0.25) is 0 Å². The van der Waals surface area contributed by atoms with Crippen molar-refractivity contribution in [2.24, 2.45) is 11.8 Å². The second kappa shape index (κ2) is 13.8. The summed E-state index contributed by atoms with van der Waals surface area (Å²) in [4.78, 5) is 1.38. The van der Waals surface area contributed by atoms with Crippen molar-refractivity contribution in [3.8, 4) is 0 Å². The number of allylic oxidation sites excluding steroid dienone is 6. The van der Waals surface area contributed by atoms with E-state index in [1.165, 1.54) is 28.0 Å². The van der Waals surface area contributed by atoms with Crippen molar-refractivity contribution >= 4 is 17.3 Å². The molecule has 0 radical (unpaired) electrons. The molecule has 2 aliphatic rings. The Kier molecular flexibility index (Phi) is 11.8. The highest BCUT2D eigenvalue weighted by Crippen LogP contribution is 2.46. The summed E-state index contributed by atoms with van der Waals surface area (Å²) in [6, 6.07) is 18.9. The predicted molar refractivity (Wildman–Crippen MR) is 130 cm³/mol. The van der Waals surface area contributed by atoms with E-state index in [0.717, 1.165) is 11.8 Å². The minimum Gasteiger partial charge on any atom is -0.129 e. The van der Waals surface area contributed by atoms with Crippen molar-refractivity contribution < 1.29 is 0 Å². The van der Waals surface area contributed by atoms with Crippen LogP contribution in [0.15, 0.2) is 103 Å². The largest absolute Gasteiger partial charge is 0.129 e. The topological polar surface area (TPSA) is 0 Å². The van der Waals surface area contributed by atoms with E-state index in [4.69, 9.17) is 0 Å². The van der Waals surface area contributed by atoms with E-state index < -0.39 is 0 Å². The van der Waals surface area contributed by atoms with Crippen LogP contribution in [0.25, 0.3) is 5.57 Å². The molecule has 0 amide bonds. The first kappa shape index (κ1) is 23.8. The van der Waals surface area contributed by atoms with Gasteiger partial charge in [-0.15, -0.1) is 11.8 Å². The standard InChI is InChI=1S/C14H14S.C7H8.C4H6.C2H6/c1-15-14-5-3-2-4-13(14)11-7-6-10-8-12(10)9-11;1-7-5-3-2-4-6-7;1-3-4-2;1-2/h2-7,9-10,12H,8H2,1H3;2-6H,1H3;3-4H,1-2H2;1-2H3. The smallest absolute Gasteiger partial charge is 0.0147 e. The maximum Gasteiger partial charge on any atom is 0.0147 e. The first-order valence-electron chi connectivity index (χ1n) is 9.98. The van der Waals surface area contributed by atoms with Crippen LogP contribution in [-0.2, 0) is 0 Å². The van der Waals surface area contributed by atoms with E-state index in [-0.39, 0.29) is 0 Å². The minimum absolute atomic E-state index is 0.833. The molecule has 2 aliphatic carbocycles. The lowest BCUT2D eigenvalue weighted by Gasteiger charge is -2.10. The monoisotopic (exact) mass is 390 g/mol. The fourth-order valence-corrected chi connectivity index (χ4v) is 3.38. The van der Waals surface area contributed by atoms with E-state index in [9.17, 15) is 0 Å². The molecule has 0 N–H and O–H groups in total. The van der Waals surface area contributed by atoms with Gasteiger partial charge in [0.05, 0.1) is 0 Å². The molecular weight excluding hydrogens is 356 g/mol. The lowest BCUT2D eigenvalue weighted by atomic mass is 10.00. The van der Waals surface area contributed by atoms with Crippen LogP contribution in [0.5, 0.6) is 0 Å². The van der Waals surface area contributed by atoms with E-state index in [2.05, 4.69) is 81.0 Å². The molecule has 0 saturated heterocycles. The predicted octanol–water partition coefficient (Wildman–Crippen LogP) is 8.38. The molecule has 2 unspecified atom stereocenters. The Balaban J connectivity index is 0.000000253. The first-order valence-corrected chi connectivity index (χ1v) is 11.2. The number of thioether (sulfide) groups is 1. The molecule has 2 atom stereocenters. The number of hydrogen-bond donors (Lipinski definition) is 0. The molecule has 2 aromatic rings. The Hall–Kier alpha value is -2.25. The average molecular weight is 391 g/mol. The highest BCUT2D eigenvalue weighted by atomic mass is 32.2. The molecule has 2 aromatic carbocycles. The Morgan fingerprint density at radius 2 is 1.50 bits per heavy atom. The zero-order valence-corrected chi connectivity index (χ0v) is 18.6. The van der Waals surface area contributed by atoms with Crippen molar-refractivity contribution in [3.05, 3.63) is 109 Å². The Bertz CT molecular complexity index is 762. The van der Waals surface area contributed by atoms with Crippen molar-refractivity contribution in [1.82, 2.24) is 0 Å². The Labute approximate surface area is 176 Å². The van der Waals surface area contributed by atoms with E-state index in [1.807, 2.05) is 43.8 Å². The highest BCUT2D eigenvalue weighted by molar-refractivity contribution is 7.98. The van der Waals surface area contributed by atoms with Crippen molar-refractivity contribution in [3.63, 3.8) is 0 Å². The normalized spacial score (nSPS) is 17.6. The van der Waals surface area contributed by atoms with Gasteiger partial charge in [-0.05, 0) is 48.6 Å². The number of fused-ring (bicyclic) bond motifs is 1. The van der Waals surface area contributed by atoms with E-state index >= 15 is 0 Å². The summed E-state index contributed by atoms with van der Waals surface area (Å²) >= 11 is 1.83. The van der Waals surface area contributed by atoms with Gasteiger partial charge in [0, 0.05) is 4.90 Å². The number of rotatable bonds is 3. The molecular formula is C27H34S. The number of hydrogen-bond acceptors (Lipinski definition) is 1. The quantitative estimate of drug-likeness (QED) is 0.374. The van der Waals surface area contributed by atoms with Crippen LogP contribution in [0.4, 0.5) is 0 Å². The molecule has 0 heterocycles. The molecule has 0 bridgehead atoms. The molecule has 0 spiro atoms. The first-order chi connectivity index (χ1) is 13.7. The van der Waals surface area contributed by atoms with Gasteiger partial charge in [-0.2, -0.15) is 0 Å². The Morgan fingerprint density at radius 3 is 2.00 bits per heavy atom. The SMILES string of the molecule is C=CC=C.CC.CSc1ccccc1C1=CC2CC2C=C1.Cc1ccccc1. The zero-order chi connectivity index (χ0) is 20.8. The summed E-state index contributed by atoms with van der Waals surface area (Å²) in [6.45, 7) is 12.8. The summed E-state index contributed by atoms with van der Waals surface area (Å²) in [5.41, 5.74) is 4.13. The molecule has 0 aromatic heterocycles. The minimum atomic E-state index is 0.833. The summed E-state index contributed by atoms with van der Waals surface area (Å²) in [5, 5.41) is 0. The van der Waals surface area contributed by atoms with Crippen molar-refractivity contribution in [2.75, 3.05) is 6.26 Å². The maximum atomic E-state index is 3.36. The summed E-state index contributed by atoms with van der Waals surface area (Å²) in [7, 11) is 0. The third kappa shape index (κ3) is 8.19. The molecule has 148 valence electrons. The van der Waals surface area contributed by atoms with E-state index in [1.54, 1.807) is 12.2 Å². The molecule has 1 heteroatoms. The van der Waals surface area contributed by atoms with Crippen LogP contribution < -0.4 is 0 Å². The number of aryl methyl sites for hydroxylation is 1. The summed E-state index contributed by atoms with van der Waals surface area (Å²) in [6.07, 6.45) is 13.9. The third-order valence-corrected chi connectivity index (χ3v) is 5.13. The molecule has 1 fully saturated rings. The molecule has 0 aliphatic heterocycles. The third-order valence-electron chi connectivity index (χ3n) is 4.33. The van der Waals surface area contributed by atoms with Crippen molar-refractivity contribution in [2.45, 2.75) is 32.1 Å². The lowest BCUT2D eigenvalue weighted by Crippen LogP contribution is -1.90. The van der Waals surface area contributed by atoms with Crippen LogP contribution in [-0.4, -0.2) is 6.26 Å². The fourth-order valence-electron chi connectivity index (χ4n) is 2.76. The van der Waals surface area contributed by atoms with Crippen LogP contribution in [0.1, 0.15) is 31.4 Å². The summed E-state index contributed by atoms with van der Waals surface area (Å²) in [5.74, 6) is 1.69. The second-order valence-corrected chi connectivity index (χ2v) is 7.22. The van der Waals surface area contributed by atoms with E-state index in [0.29, 0.717) is 0 Å². The molecule has 1 saturated carbocycles. The van der Waals surface area contributed by atoms with Crippen LogP contribution >= 0.6 is 11.8 Å². The lowest BCUT2D eigenvalue weighted by molar-refractivity contribution is 0.983. The van der Waals surface area contributed by atoms with Gasteiger partial charge >= 0.3 is 0 Å². The molecule has 0 nitrogen and oxygen atoms in total. The van der Waals surface area contributed by atoms with Crippen LogP contribution in [0.2, 0.25) is 0 Å². The van der Waals surface area contributed by atoms with Gasteiger partial charge in [-0.1, -0.05) is 111 Å². The second-order valence-electron chi connectivity index (χ2n) is 6.37. The molecule has 28 heavy (non-hydrogen) atoms. The zero-order valence-electron chi connectivity index (χ0n) is 17.8. The van der Waals surface area contributed by atoms with Crippen LogP contribution in [0, 0.1) is 18.8 Å². The summed E-state index contributed by atoms with van der Waals surface area (Å²) < 4.78 is 0. The van der Waals surface area contributed by atoms with Gasteiger partial charge < -0.3 is 0 Å². The van der Waals surface area contributed by atoms with Gasteiger partial charge in [-0.3, -0.25) is 0 Å². The van der Waals surface area contributed by atoms with Crippen LogP contribution in [0.3, 0.4) is 0 Å². The average Bonchev–Trinajstić information content (AvgIpc) is 3.55. The Morgan fingerprint density at radius 1 is 0.893 bits per heavy atom. The maximum absolute atomic E-state index is 3.36. The fraction of sp³-hybridized carbons (Fsp3) is 0.259. The van der Waals surface area contributed by atoms with Gasteiger partial charge in [0.25, 0.3) is 0 Å². The highest BCUT2D eigenvalue weighted by Gasteiger charge is 2.35. The van der Waals surface area contributed by atoms with Crippen molar-refractivity contribution in [1.29, 1.82) is 0 Å².